The van der Waals surface area contributed by atoms with Crippen molar-refractivity contribution in [2.45, 2.75) is 44.1 Å². The highest BCUT2D eigenvalue weighted by Gasteiger charge is 2.32. The standard InChI is InChI=1S/C15H16ClIN2O/c16-12-9-11(5-6-13(12)17)14(20)19-15(10-18)7-3-1-2-4-8-15/h5-6,9H,1-4,7-8H2,(H,19,20). The van der Waals surface area contributed by atoms with Gasteiger partial charge in [0.15, 0.2) is 0 Å². The fourth-order valence-corrected chi connectivity index (χ4v) is 3.04. The summed E-state index contributed by atoms with van der Waals surface area (Å²) in [4.78, 5) is 12.3. The van der Waals surface area contributed by atoms with Crippen LogP contribution < -0.4 is 5.32 Å². The molecule has 0 saturated heterocycles. The second kappa shape index (κ2) is 6.77. The molecule has 0 radical (unpaired) electrons. The van der Waals surface area contributed by atoms with Gasteiger partial charge in [-0.2, -0.15) is 5.26 Å². The van der Waals surface area contributed by atoms with Gasteiger partial charge in [-0.25, -0.2) is 0 Å². The van der Waals surface area contributed by atoms with Crippen LogP contribution in [0.2, 0.25) is 5.02 Å². The van der Waals surface area contributed by atoms with E-state index in [0.29, 0.717) is 10.6 Å². The van der Waals surface area contributed by atoms with E-state index in [9.17, 15) is 10.1 Å². The van der Waals surface area contributed by atoms with Gasteiger partial charge in [-0.05, 0) is 53.6 Å². The van der Waals surface area contributed by atoms with Crippen molar-refractivity contribution >= 4 is 40.1 Å². The van der Waals surface area contributed by atoms with Gasteiger partial charge in [-0.15, -0.1) is 0 Å². The third-order valence-electron chi connectivity index (χ3n) is 3.71. The number of halogens is 2. The highest BCUT2D eigenvalue weighted by atomic mass is 127. The third kappa shape index (κ3) is 3.64. The molecule has 1 amide bonds. The van der Waals surface area contributed by atoms with Gasteiger partial charge in [-0.1, -0.05) is 37.3 Å². The molecule has 1 fully saturated rings. The fourth-order valence-electron chi connectivity index (χ4n) is 2.52. The van der Waals surface area contributed by atoms with Gasteiger partial charge in [0.25, 0.3) is 5.91 Å². The maximum absolute atomic E-state index is 12.3. The first-order valence-corrected chi connectivity index (χ1v) is 8.21. The highest BCUT2D eigenvalue weighted by molar-refractivity contribution is 14.1. The van der Waals surface area contributed by atoms with Crippen LogP contribution in [0, 0.1) is 14.9 Å². The zero-order valence-electron chi connectivity index (χ0n) is 11.1. The summed E-state index contributed by atoms with van der Waals surface area (Å²) in [6.07, 6.45) is 5.70. The molecule has 2 rings (SSSR count). The van der Waals surface area contributed by atoms with Crippen LogP contribution in [0.15, 0.2) is 18.2 Å². The van der Waals surface area contributed by atoms with Crippen LogP contribution in [0.4, 0.5) is 0 Å². The van der Waals surface area contributed by atoms with Crippen molar-refractivity contribution in [2.24, 2.45) is 0 Å². The minimum atomic E-state index is -0.719. The van der Waals surface area contributed by atoms with Crippen LogP contribution in [0.5, 0.6) is 0 Å². The normalized spacial score (nSPS) is 17.9. The number of hydrogen-bond acceptors (Lipinski definition) is 2. The Bertz CT molecular complexity index is 545. The molecule has 0 atom stereocenters. The van der Waals surface area contributed by atoms with Crippen molar-refractivity contribution in [2.75, 3.05) is 0 Å². The lowest BCUT2D eigenvalue weighted by Gasteiger charge is -2.26. The summed E-state index contributed by atoms with van der Waals surface area (Å²) in [5, 5.41) is 13.0. The van der Waals surface area contributed by atoms with Crippen LogP contribution in [-0.4, -0.2) is 11.4 Å². The Hall–Kier alpha value is -0.800. The van der Waals surface area contributed by atoms with Gasteiger partial charge in [0, 0.05) is 9.13 Å². The Kier molecular flexibility index (Phi) is 5.28. The number of carbonyl (C=O) groups excluding carboxylic acids is 1. The molecule has 1 aromatic carbocycles. The van der Waals surface area contributed by atoms with E-state index in [-0.39, 0.29) is 5.91 Å². The molecular formula is C15H16ClIN2O. The number of nitriles is 1. The lowest BCUT2D eigenvalue weighted by Crippen LogP contribution is -2.47. The zero-order chi connectivity index (χ0) is 14.6. The number of benzene rings is 1. The SMILES string of the molecule is N#CC1(NC(=O)c2ccc(I)c(Cl)c2)CCCCCC1. The van der Waals surface area contributed by atoms with E-state index >= 15 is 0 Å². The number of nitrogens with one attached hydrogen (secondary N) is 1. The number of rotatable bonds is 2. The second-order valence-corrected chi connectivity index (χ2v) is 6.76. The van der Waals surface area contributed by atoms with Crippen LogP contribution in [-0.2, 0) is 0 Å². The van der Waals surface area contributed by atoms with Crippen molar-refractivity contribution in [1.29, 1.82) is 5.26 Å². The van der Waals surface area contributed by atoms with Gasteiger partial charge in [0.2, 0.25) is 0 Å². The first-order valence-electron chi connectivity index (χ1n) is 6.75. The number of nitrogens with zero attached hydrogens (tertiary/aromatic N) is 1. The van der Waals surface area contributed by atoms with Crippen molar-refractivity contribution in [1.82, 2.24) is 5.32 Å². The molecule has 1 aliphatic rings. The molecule has 1 aliphatic carbocycles. The second-order valence-electron chi connectivity index (χ2n) is 5.19. The average Bonchev–Trinajstić information content (AvgIpc) is 2.68. The Balaban J connectivity index is 2.16. The van der Waals surface area contributed by atoms with E-state index in [1.54, 1.807) is 12.1 Å². The predicted molar refractivity (Wildman–Crippen MR) is 87.7 cm³/mol. The third-order valence-corrected chi connectivity index (χ3v) is 5.28. The van der Waals surface area contributed by atoms with Crippen molar-refractivity contribution in [3.63, 3.8) is 0 Å². The molecule has 0 unspecified atom stereocenters. The Morgan fingerprint density at radius 1 is 1.30 bits per heavy atom. The summed E-state index contributed by atoms with van der Waals surface area (Å²) < 4.78 is 0.908. The van der Waals surface area contributed by atoms with E-state index < -0.39 is 5.54 Å². The fraction of sp³-hybridized carbons (Fsp3) is 0.467. The van der Waals surface area contributed by atoms with Gasteiger partial charge in [0.05, 0.1) is 11.1 Å². The van der Waals surface area contributed by atoms with E-state index in [2.05, 4.69) is 34.0 Å². The first kappa shape index (κ1) is 15.6. The molecule has 1 saturated carbocycles. The van der Waals surface area contributed by atoms with Crippen molar-refractivity contribution in [3.05, 3.63) is 32.4 Å². The molecule has 5 heteroatoms. The van der Waals surface area contributed by atoms with Gasteiger partial charge in [-0.3, -0.25) is 4.79 Å². The molecule has 0 heterocycles. The Labute approximate surface area is 137 Å². The summed E-state index contributed by atoms with van der Waals surface area (Å²) >= 11 is 8.16. The molecule has 0 aliphatic heterocycles. The number of hydrogen-bond donors (Lipinski definition) is 1. The first-order chi connectivity index (χ1) is 9.56. The van der Waals surface area contributed by atoms with Crippen LogP contribution in [0.1, 0.15) is 48.9 Å². The monoisotopic (exact) mass is 402 g/mol. The van der Waals surface area contributed by atoms with E-state index in [1.807, 2.05) is 6.07 Å². The maximum Gasteiger partial charge on any atom is 0.252 e. The molecule has 20 heavy (non-hydrogen) atoms. The largest absolute Gasteiger partial charge is 0.334 e. The quantitative estimate of drug-likeness (QED) is 0.592. The minimum Gasteiger partial charge on any atom is -0.334 e. The molecule has 3 nitrogen and oxygen atoms in total. The number of amides is 1. The lowest BCUT2D eigenvalue weighted by molar-refractivity contribution is 0.0913. The summed E-state index contributed by atoms with van der Waals surface area (Å²) in [6, 6.07) is 7.52. The minimum absolute atomic E-state index is 0.216. The van der Waals surface area contributed by atoms with Crippen LogP contribution >= 0.6 is 34.2 Å². The molecule has 1 aromatic rings. The maximum atomic E-state index is 12.3. The molecule has 0 bridgehead atoms. The van der Waals surface area contributed by atoms with Gasteiger partial charge in [0.1, 0.15) is 5.54 Å². The summed E-state index contributed by atoms with van der Waals surface area (Å²) in [5.74, 6) is -0.216. The van der Waals surface area contributed by atoms with E-state index in [1.165, 1.54) is 0 Å². The smallest absolute Gasteiger partial charge is 0.252 e. The topological polar surface area (TPSA) is 52.9 Å². The summed E-state index contributed by atoms with van der Waals surface area (Å²) in [6.45, 7) is 0. The van der Waals surface area contributed by atoms with E-state index in [0.717, 1.165) is 42.1 Å². The zero-order valence-corrected chi connectivity index (χ0v) is 14.0. The average molecular weight is 403 g/mol. The molecule has 106 valence electrons. The van der Waals surface area contributed by atoms with Gasteiger partial charge < -0.3 is 5.32 Å². The predicted octanol–water partition coefficient (Wildman–Crippen LogP) is 4.29. The molecule has 0 spiro atoms. The molecule has 0 aromatic heterocycles. The van der Waals surface area contributed by atoms with Crippen LogP contribution in [0.3, 0.4) is 0 Å². The van der Waals surface area contributed by atoms with Gasteiger partial charge >= 0.3 is 0 Å². The summed E-state index contributed by atoms with van der Waals surface area (Å²) in [7, 11) is 0. The van der Waals surface area contributed by atoms with E-state index in [4.69, 9.17) is 11.6 Å². The number of carbonyl (C=O) groups is 1. The van der Waals surface area contributed by atoms with Crippen molar-refractivity contribution < 1.29 is 4.79 Å². The summed E-state index contributed by atoms with van der Waals surface area (Å²) in [5.41, 5.74) is -0.211. The highest BCUT2D eigenvalue weighted by Crippen LogP contribution is 2.27. The Morgan fingerprint density at radius 2 is 1.95 bits per heavy atom. The molecular weight excluding hydrogens is 387 g/mol. The lowest BCUT2D eigenvalue weighted by atomic mass is 9.91. The van der Waals surface area contributed by atoms with Crippen LogP contribution in [0.25, 0.3) is 0 Å². The van der Waals surface area contributed by atoms with Crippen molar-refractivity contribution in [3.8, 4) is 6.07 Å². The Morgan fingerprint density at radius 3 is 2.50 bits per heavy atom. The molecule has 1 N–H and O–H groups in total.